The second-order valence-corrected chi connectivity index (χ2v) is 4.98. The second kappa shape index (κ2) is 6.70. The van der Waals surface area contributed by atoms with Crippen molar-refractivity contribution in [3.8, 4) is 11.1 Å². The van der Waals surface area contributed by atoms with E-state index in [2.05, 4.69) is 0 Å². The molecule has 0 saturated heterocycles. The van der Waals surface area contributed by atoms with E-state index in [-0.39, 0.29) is 0 Å². The summed E-state index contributed by atoms with van der Waals surface area (Å²) in [5, 5.41) is 22.7. The Labute approximate surface area is 143 Å². The highest BCUT2D eigenvalue weighted by molar-refractivity contribution is 6.07. The number of urea groups is 1. The Kier molecular flexibility index (Phi) is 4.82. The van der Waals surface area contributed by atoms with Crippen molar-refractivity contribution in [2.75, 3.05) is 5.32 Å². The monoisotopic (exact) mass is 369 g/mol. The Morgan fingerprint density at radius 1 is 1.15 bits per heavy atom. The zero-order valence-corrected chi connectivity index (χ0v) is 12.7. The van der Waals surface area contributed by atoms with Gasteiger partial charge in [-0.3, -0.25) is 10.1 Å². The van der Waals surface area contributed by atoms with E-state index in [1.807, 2.05) is 5.32 Å². The average molecular weight is 369 g/mol. The first-order chi connectivity index (χ1) is 12.0. The molecule has 11 heteroatoms. The summed E-state index contributed by atoms with van der Waals surface area (Å²) in [4.78, 5) is 33.0. The van der Waals surface area contributed by atoms with Gasteiger partial charge in [0.15, 0.2) is 0 Å². The number of anilines is 1. The van der Waals surface area contributed by atoms with Gasteiger partial charge in [0.25, 0.3) is 5.69 Å². The molecule has 0 aliphatic rings. The number of benzene rings is 2. The van der Waals surface area contributed by atoms with Gasteiger partial charge in [-0.1, -0.05) is 18.2 Å². The van der Waals surface area contributed by atoms with Crippen molar-refractivity contribution >= 4 is 23.4 Å². The maximum Gasteiger partial charge on any atom is 0.417 e. The maximum atomic E-state index is 13.3. The van der Waals surface area contributed by atoms with E-state index < -0.39 is 56.7 Å². The van der Waals surface area contributed by atoms with Crippen molar-refractivity contribution in [2.24, 2.45) is 5.73 Å². The van der Waals surface area contributed by atoms with Gasteiger partial charge in [0.1, 0.15) is 0 Å². The van der Waals surface area contributed by atoms with Crippen LogP contribution >= 0.6 is 0 Å². The molecular weight excluding hydrogens is 359 g/mol. The second-order valence-electron chi connectivity index (χ2n) is 4.98. The predicted molar refractivity (Wildman–Crippen MR) is 83.7 cm³/mol. The van der Waals surface area contributed by atoms with Crippen molar-refractivity contribution in [1.29, 1.82) is 0 Å². The molecule has 0 aliphatic carbocycles. The van der Waals surface area contributed by atoms with Crippen molar-refractivity contribution in [1.82, 2.24) is 0 Å². The molecular formula is C15H10F3N3O5. The first-order valence-corrected chi connectivity index (χ1v) is 6.81. The first kappa shape index (κ1) is 18.7. The molecule has 0 bridgehead atoms. The number of alkyl halides is 3. The zero-order chi connectivity index (χ0) is 19.6. The highest BCUT2D eigenvalue weighted by Gasteiger charge is 2.37. The number of nitrogens with zero attached hydrogens (tertiary/aromatic N) is 1. The molecule has 2 aromatic carbocycles. The largest absolute Gasteiger partial charge is 0.478 e. The van der Waals surface area contributed by atoms with Crippen LogP contribution in [0.5, 0.6) is 0 Å². The van der Waals surface area contributed by atoms with Gasteiger partial charge >= 0.3 is 18.2 Å². The van der Waals surface area contributed by atoms with Crippen molar-refractivity contribution < 1.29 is 32.8 Å². The number of carbonyl (C=O) groups excluding carboxylic acids is 1. The number of aromatic carboxylic acids is 1. The number of hydrogen-bond donors (Lipinski definition) is 3. The fraction of sp³-hybridized carbons (Fsp3) is 0.0667. The van der Waals surface area contributed by atoms with Gasteiger partial charge in [-0.05, 0) is 12.1 Å². The van der Waals surface area contributed by atoms with Crippen LogP contribution in [0.15, 0.2) is 36.4 Å². The summed E-state index contributed by atoms with van der Waals surface area (Å²) in [5.41, 5.74) is -0.0571. The van der Waals surface area contributed by atoms with Gasteiger partial charge in [0.2, 0.25) is 0 Å². The van der Waals surface area contributed by atoms with Crippen LogP contribution in [0.1, 0.15) is 15.9 Å². The Hall–Kier alpha value is -3.63. The number of nitro groups is 1. The highest BCUT2D eigenvalue weighted by atomic mass is 19.4. The van der Waals surface area contributed by atoms with Crippen molar-refractivity contribution in [3.05, 3.63) is 57.6 Å². The summed E-state index contributed by atoms with van der Waals surface area (Å²) in [7, 11) is 0. The summed E-state index contributed by atoms with van der Waals surface area (Å²) >= 11 is 0. The van der Waals surface area contributed by atoms with Crippen LogP contribution in [0.3, 0.4) is 0 Å². The molecule has 2 rings (SSSR count). The van der Waals surface area contributed by atoms with Crippen molar-refractivity contribution in [2.45, 2.75) is 6.18 Å². The number of amides is 2. The molecule has 0 heterocycles. The molecule has 0 aliphatic heterocycles. The van der Waals surface area contributed by atoms with Gasteiger partial charge in [0, 0.05) is 11.6 Å². The quantitative estimate of drug-likeness (QED) is 0.560. The van der Waals surface area contributed by atoms with Crippen molar-refractivity contribution in [3.63, 3.8) is 0 Å². The number of halogens is 3. The molecule has 0 unspecified atom stereocenters. The van der Waals surface area contributed by atoms with Crippen LogP contribution in [-0.4, -0.2) is 22.0 Å². The number of carbonyl (C=O) groups is 2. The van der Waals surface area contributed by atoms with Gasteiger partial charge in [0.05, 0.1) is 27.3 Å². The topological polar surface area (TPSA) is 136 Å². The molecule has 0 radical (unpaired) electrons. The summed E-state index contributed by atoms with van der Waals surface area (Å²) in [6, 6.07) is 4.30. The Morgan fingerprint density at radius 2 is 1.77 bits per heavy atom. The van der Waals surface area contributed by atoms with Crippen LogP contribution in [-0.2, 0) is 6.18 Å². The van der Waals surface area contributed by atoms with Crippen LogP contribution in [0, 0.1) is 10.1 Å². The predicted octanol–water partition coefficient (Wildman–Crippen LogP) is 3.47. The van der Waals surface area contributed by atoms with E-state index in [4.69, 9.17) is 5.73 Å². The Balaban J connectivity index is 2.97. The van der Waals surface area contributed by atoms with E-state index in [1.54, 1.807) is 0 Å². The summed E-state index contributed by atoms with van der Waals surface area (Å²) in [6.45, 7) is 0. The number of carboxylic acid groups (broad SMARTS) is 1. The summed E-state index contributed by atoms with van der Waals surface area (Å²) < 4.78 is 39.9. The lowest BCUT2D eigenvalue weighted by molar-refractivity contribution is -0.384. The first-order valence-electron chi connectivity index (χ1n) is 6.81. The number of nitro benzene ring substituents is 1. The van der Waals surface area contributed by atoms with Gasteiger partial charge in [-0.25, -0.2) is 9.59 Å². The minimum Gasteiger partial charge on any atom is -0.478 e. The lowest BCUT2D eigenvalue weighted by Crippen LogP contribution is -2.21. The minimum atomic E-state index is -4.90. The number of primary amides is 1. The van der Waals surface area contributed by atoms with Crippen LogP contribution in [0.2, 0.25) is 0 Å². The number of rotatable bonds is 4. The molecule has 0 saturated carbocycles. The number of carboxylic acids is 1. The summed E-state index contributed by atoms with van der Waals surface area (Å²) in [6.07, 6.45) is -4.90. The van der Waals surface area contributed by atoms with Crippen LogP contribution < -0.4 is 11.1 Å². The van der Waals surface area contributed by atoms with Gasteiger partial charge in [-0.2, -0.15) is 13.2 Å². The van der Waals surface area contributed by atoms with E-state index in [0.717, 1.165) is 24.3 Å². The third-order valence-electron chi connectivity index (χ3n) is 3.35. The number of nitrogens with one attached hydrogen (secondary N) is 1. The molecule has 2 amide bonds. The molecule has 0 aromatic heterocycles. The maximum absolute atomic E-state index is 13.3. The minimum absolute atomic E-state index is 0.470. The average Bonchev–Trinajstić information content (AvgIpc) is 2.52. The number of nitrogens with two attached hydrogens (primary N) is 1. The molecule has 136 valence electrons. The molecule has 8 nitrogen and oxygen atoms in total. The Morgan fingerprint density at radius 3 is 2.27 bits per heavy atom. The zero-order valence-electron chi connectivity index (χ0n) is 12.7. The molecule has 0 atom stereocenters. The van der Waals surface area contributed by atoms with E-state index in [0.29, 0.717) is 6.07 Å². The van der Waals surface area contributed by atoms with Gasteiger partial charge in [-0.15, -0.1) is 0 Å². The highest BCUT2D eigenvalue weighted by Crippen LogP contribution is 2.43. The third-order valence-corrected chi connectivity index (χ3v) is 3.35. The van der Waals surface area contributed by atoms with Gasteiger partial charge < -0.3 is 16.2 Å². The lowest BCUT2D eigenvalue weighted by Gasteiger charge is -2.16. The standard InChI is InChI=1S/C15H10F3N3O5/c16-15(17,18)8-4-2-1-3-7(8)11-10(21(25)26)6-5-9(20-14(19)24)12(11)13(22)23/h1-6H,(H,22,23)(H3,19,20,24). The molecule has 0 fully saturated rings. The van der Waals surface area contributed by atoms with E-state index in [9.17, 15) is 38.0 Å². The smallest absolute Gasteiger partial charge is 0.417 e. The molecule has 2 aromatic rings. The molecule has 4 N–H and O–H groups in total. The number of hydrogen-bond acceptors (Lipinski definition) is 4. The molecule has 26 heavy (non-hydrogen) atoms. The normalized spacial score (nSPS) is 11.0. The summed E-state index contributed by atoms with van der Waals surface area (Å²) in [5.74, 6) is -1.77. The SMILES string of the molecule is NC(=O)Nc1ccc([N+](=O)[O-])c(-c2ccccc2C(F)(F)F)c1C(=O)O. The van der Waals surface area contributed by atoms with Crippen LogP contribution in [0.25, 0.3) is 11.1 Å². The van der Waals surface area contributed by atoms with E-state index >= 15 is 0 Å². The fourth-order valence-corrected chi connectivity index (χ4v) is 2.42. The molecule has 0 spiro atoms. The van der Waals surface area contributed by atoms with E-state index in [1.165, 1.54) is 6.07 Å². The van der Waals surface area contributed by atoms with Crippen LogP contribution in [0.4, 0.5) is 29.3 Å². The third kappa shape index (κ3) is 3.55. The lowest BCUT2D eigenvalue weighted by atomic mass is 9.92. The Bertz CT molecular complexity index is 912. The fourth-order valence-electron chi connectivity index (χ4n) is 2.42.